The highest BCUT2D eigenvalue weighted by atomic mass is 16.1. The van der Waals surface area contributed by atoms with Crippen molar-refractivity contribution in [1.29, 1.82) is 0 Å². The number of amides is 1. The summed E-state index contributed by atoms with van der Waals surface area (Å²) < 4.78 is 0. The van der Waals surface area contributed by atoms with Crippen molar-refractivity contribution >= 4 is 11.6 Å². The molecule has 0 bridgehead atoms. The van der Waals surface area contributed by atoms with Crippen molar-refractivity contribution in [3.05, 3.63) is 65.2 Å². The lowest BCUT2D eigenvalue weighted by Gasteiger charge is -2.08. The molecule has 3 nitrogen and oxygen atoms in total. The minimum absolute atomic E-state index is 0.0676. The second-order valence-corrected chi connectivity index (χ2v) is 5.17. The Bertz CT molecular complexity index is 590. The number of rotatable bonds is 6. The van der Waals surface area contributed by atoms with E-state index in [9.17, 15) is 4.79 Å². The van der Waals surface area contributed by atoms with Gasteiger partial charge >= 0.3 is 0 Å². The molecule has 0 aliphatic rings. The second kappa shape index (κ2) is 7.48. The minimum atomic E-state index is 0.0676. The molecule has 0 spiro atoms. The number of benzene rings is 2. The van der Waals surface area contributed by atoms with E-state index < -0.39 is 0 Å². The molecule has 1 amide bonds. The summed E-state index contributed by atoms with van der Waals surface area (Å²) in [7, 11) is 0. The van der Waals surface area contributed by atoms with Crippen LogP contribution in [0.4, 0.5) is 5.69 Å². The highest BCUT2D eigenvalue weighted by molar-refractivity contribution is 5.78. The van der Waals surface area contributed by atoms with Crippen molar-refractivity contribution < 1.29 is 4.79 Å². The molecule has 0 heterocycles. The van der Waals surface area contributed by atoms with Crippen molar-refractivity contribution in [1.82, 2.24) is 5.32 Å². The molecule has 0 aliphatic heterocycles. The predicted molar refractivity (Wildman–Crippen MR) is 87.3 cm³/mol. The van der Waals surface area contributed by atoms with Gasteiger partial charge in [-0.1, -0.05) is 42.0 Å². The Hall–Kier alpha value is -2.29. The van der Waals surface area contributed by atoms with Crippen molar-refractivity contribution in [3.63, 3.8) is 0 Å². The number of carbonyl (C=O) groups is 1. The van der Waals surface area contributed by atoms with Crippen molar-refractivity contribution in [3.8, 4) is 0 Å². The average molecular weight is 282 g/mol. The molecule has 0 saturated heterocycles. The monoisotopic (exact) mass is 282 g/mol. The van der Waals surface area contributed by atoms with Crippen LogP contribution in [0.2, 0.25) is 0 Å². The van der Waals surface area contributed by atoms with E-state index in [1.54, 1.807) is 0 Å². The van der Waals surface area contributed by atoms with E-state index in [-0.39, 0.29) is 5.91 Å². The molecule has 110 valence electrons. The Kier molecular flexibility index (Phi) is 5.38. The van der Waals surface area contributed by atoms with Gasteiger partial charge < -0.3 is 10.6 Å². The van der Waals surface area contributed by atoms with Gasteiger partial charge in [-0.25, -0.2) is 0 Å². The third kappa shape index (κ3) is 4.95. The molecule has 0 unspecified atom stereocenters. The number of hydrogen-bond acceptors (Lipinski definition) is 2. The smallest absolute Gasteiger partial charge is 0.224 e. The summed E-state index contributed by atoms with van der Waals surface area (Å²) in [5.41, 5.74) is 4.63. The summed E-state index contributed by atoms with van der Waals surface area (Å²) in [4.78, 5) is 11.5. The molecule has 2 aromatic carbocycles. The first-order chi connectivity index (χ1) is 10.2. The molecule has 2 N–H and O–H groups in total. The van der Waals surface area contributed by atoms with Gasteiger partial charge in [-0.05, 0) is 37.1 Å². The quantitative estimate of drug-likeness (QED) is 0.853. The van der Waals surface area contributed by atoms with Crippen LogP contribution in [-0.4, -0.2) is 12.5 Å². The zero-order chi connectivity index (χ0) is 15.1. The summed E-state index contributed by atoms with van der Waals surface area (Å²) in [6, 6.07) is 16.5. The highest BCUT2D eigenvalue weighted by Gasteiger charge is 2.02. The maximum atomic E-state index is 11.5. The first-order valence-electron chi connectivity index (χ1n) is 7.32. The SMILES string of the molecule is CCNC(=O)Cc1ccc(NCc2cccc(C)c2)cc1. The molecule has 3 heteroatoms. The van der Waals surface area contributed by atoms with Crippen LogP contribution in [0.25, 0.3) is 0 Å². The van der Waals surface area contributed by atoms with Crippen molar-refractivity contribution in [2.75, 3.05) is 11.9 Å². The molecule has 2 rings (SSSR count). The van der Waals surface area contributed by atoms with Gasteiger partial charge in [-0.2, -0.15) is 0 Å². The molecule has 0 atom stereocenters. The number of aryl methyl sites for hydroxylation is 1. The molecule has 0 aromatic heterocycles. The van der Waals surface area contributed by atoms with E-state index in [4.69, 9.17) is 0 Å². The predicted octanol–water partition coefficient (Wildman–Crippen LogP) is 3.29. The lowest BCUT2D eigenvalue weighted by molar-refractivity contribution is -0.120. The summed E-state index contributed by atoms with van der Waals surface area (Å²) in [5, 5.41) is 6.20. The molecule has 0 fully saturated rings. The Morgan fingerprint density at radius 3 is 2.48 bits per heavy atom. The zero-order valence-electron chi connectivity index (χ0n) is 12.6. The van der Waals surface area contributed by atoms with Gasteiger partial charge in [0.2, 0.25) is 5.91 Å². The van der Waals surface area contributed by atoms with Crippen LogP contribution in [0, 0.1) is 6.92 Å². The molecule has 0 aliphatic carbocycles. The number of likely N-dealkylation sites (N-methyl/N-ethyl adjacent to an activating group) is 1. The molecular weight excluding hydrogens is 260 g/mol. The molecule has 21 heavy (non-hydrogen) atoms. The van der Waals surface area contributed by atoms with Crippen molar-refractivity contribution in [2.45, 2.75) is 26.8 Å². The van der Waals surface area contributed by atoms with Gasteiger partial charge in [0, 0.05) is 18.8 Å². The molecule has 0 saturated carbocycles. The molecular formula is C18H22N2O. The van der Waals surface area contributed by atoms with E-state index in [2.05, 4.69) is 41.8 Å². The van der Waals surface area contributed by atoms with Crippen LogP contribution < -0.4 is 10.6 Å². The van der Waals surface area contributed by atoms with Crippen LogP contribution >= 0.6 is 0 Å². The van der Waals surface area contributed by atoms with Crippen LogP contribution in [0.5, 0.6) is 0 Å². The summed E-state index contributed by atoms with van der Waals surface area (Å²) in [5.74, 6) is 0.0676. The number of nitrogens with one attached hydrogen (secondary N) is 2. The fourth-order valence-electron chi connectivity index (χ4n) is 2.21. The first-order valence-corrected chi connectivity index (χ1v) is 7.32. The van der Waals surface area contributed by atoms with Gasteiger partial charge in [0.15, 0.2) is 0 Å². The van der Waals surface area contributed by atoms with E-state index in [1.807, 2.05) is 31.2 Å². The number of anilines is 1. The molecule has 0 radical (unpaired) electrons. The largest absolute Gasteiger partial charge is 0.381 e. The van der Waals surface area contributed by atoms with E-state index in [0.29, 0.717) is 13.0 Å². The Balaban J connectivity index is 1.89. The van der Waals surface area contributed by atoms with Crippen LogP contribution in [0.15, 0.2) is 48.5 Å². The number of hydrogen-bond donors (Lipinski definition) is 2. The topological polar surface area (TPSA) is 41.1 Å². The third-order valence-electron chi connectivity index (χ3n) is 3.27. The maximum Gasteiger partial charge on any atom is 0.224 e. The summed E-state index contributed by atoms with van der Waals surface area (Å²) >= 11 is 0. The lowest BCUT2D eigenvalue weighted by Crippen LogP contribution is -2.24. The van der Waals surface area contributed by atoms with Gasteiger partial charge in [0.05, 0.1) is 6.42 Å². The Morgan fingerprint density at radius 1 is 1.05 bits per heavy atom. The maximum absolute atomic E-state index is 11.5. The minimum Gasteiger partial charge on any atom is -0.381 e. The average Bonchev–Trinajstić information content (AvgIpc) is 2.47. The van der Waals surface area contributed by atoms with Crippen LogP contribution in [-0.2, 0) is 17.8 Å². The van der Waals surface area contributed by atoms with Gasteiger partial charge in [-0.15, -0.1) is 0 Å². The third-order valence-corrected chi connectivity index (χ3v) is 3.27. The standard InChI is InChI=1S/C18H22N2O/c1-3-19-18(21)12-15-7-9-17(10-8-15)20-13-16-6-4-5-14(2)11-16/h4-11,20H,3,12-13H2,1-2H3,(H,19,21). The van der Waals surface area contributed by atoms with Crippen molar-refractivity contribution in [2.24, 2.45) is 0 Å². The summed E-state index contributed by atoms with van der Waals surface area (Å²) in [6.45, 7) is 5.50. The second-order valence-electron chi connectivity index (χ2n) is 5.17. The fraction of sp³-hybridized carbons (Fsp3) is 0.278. The normalized spacial score (nSPS) is 10.2. The number of carbonyl (C=O) groups excluding carboxylic acids is 1. The van der Waals surface area contributed by atoms with Crippen LogP contribution in [0.1, 0.15) is 23.6 Å². The Morgan fingerprint density at radius 2 is 1.81 bits per heavy atom. The van der Waals surface area contributed by atoms with Gasteiger partial charge in [0.25, 0.3) is 0 Å². The highest BCUT2D eigenvalue weighted by Crippen LogP contribution is 2.12. The summed E-state index contributed by atoms with van der Waals surface area (Å²) in [6.07, 6.45) is 0.437. The lowest BCUT2D eigenvalue weighted by atomic mass is 10.1. The fourth-order valence-corrected chi connectivity index (χ4v) is 2.21. The molecule has 2 aromatic rings. The van der Waals surface area contributed by atoms with Gasteiger partial charge in [0.1, 0.15) is 0 Å². The van der Waals surface area contributed by atoms with Gasteiger partial charge in [-0.3, -0.25) is 4.79 Å². The zero-order valence-corrected chi connectivity index (χ0v) is 12.6. The van der Waals surface area contributed by atoms with Crippen LogP contribution in [0.3, 0.4) is 0 Å². The first kappa shape index (κ1) is 15.1. The Labute approximate surface area is 126 Å². The van der Waals surface area contributed by atoms with E-state index in [1.165, 1.54) is 11.1 Å². The van der Waals surface area contributed by atoms with E-state index >= 15 is 0 Å². The van der Waals surface area contributed by atoms with E-state index in [0.717, 1.165) is 17.8 Å².